The summed E-state index contributed by atoms with van der Waals surface area (Å²) in [6.45, 7) is 1.28. The van der Waals surface area contributed by atoms with E-state index < -0.39 is 4.92 Å². The molecule has 2 aromatic heterocycles. The fourth-order valence-electron chi connectivity index (χ4n) is 2.47. The van der Waals surface area contributed by atoms with E-state index in [0.717, 1.165) is 13.0 Å². The molecular weight excluding hydrogens is 350 g/mol. The smallest absolute Gasteiger partial charge is 0.353 e. The van der Waals surface area contributed by atoms with Crippen LogP contribution in [-0.4, -0.2) is 38.1 Å². The van der Waals surface area contributed by atoms with Crippen LogP contribution >= 0.6 is 0 Å². The van der Waals surface area contributed by atoms with Gasteiger partial charge in [0.1, 0.15) is 12.1 Å². The van der Waals surface area contributed by atoms with Gasteiger partial charge < -0.3 is 19.9 Å². The number of methoxy groups -OCH3 is 1. The Morgan fingerprint density at radius 2 is 2.00 bits per heavy atom. The van der Waals surface area contributed by atoms with Crippen LogP contribution in [-0.2, 0) is 6.54 Å². The van der Waals surface area contributed by atoms with Crippen LogP contribution in [0.25, 0.3) is 0 Å². The normalized spacial score (nSPS) is 10.4. The number of imidazole rings is 1. The van der Waals surface area contributed by atoms with Crippen molar-refractivity contribution in [1.29, 1.82) is 0 Å². The maximum Gasteiger partial charge on any atom is 0.353 e. The number of nitrogens with zero attached hydrogens (tertiary/aromatic N) is 5. The molecule has 0 bridgehead atoms. The molecule has 2 N–H and O–H groups in total. The van der Waals surface area contributed by atoms with Crippen molar-refractivity contribution >= 4 is 23.0 Å². The Kier molecular flexibility index (Phi) is 5.77. The van der Waals surface area contributed by atoms with Gasteiger partial charge >= 0.3 is 5.69 Å². The number of aromatic nitrogens is 4. The lowest BCUT2D eigenvalue weighted by Crippen LogP contribution is -2.10. The van der Waals surface area contributed by atoms with Crippen LogP contribution in [0.4, 0.5) is 23.0 Å². The Morgan fingerprint density at radius 1 is 1.22 bits per heavy atom. The molecule has 10 heteroatoms. The first-order chi connectivity index (χ1) is 13.2. The third kappa shape index (κ3) is 4.69. The highest BCUT2D eigenvalue weighted by molar-refractivity contribution is 5.73. The lowest BCUT2D eigenvalue weighted by molar-refractivity contribution is -0.383. The number of nitrogens with one attached hydrogen (secondary N) is 2. The molecule has 3 aromatic rings. The van der Waals surface area contributed by atoms with Gasteiger partial charge in [-0.15, -0.1) is 0 Å². The molecule has 0 amide bonds. The van der Waals surface area contributed by atoms with Gasteiger partial charge in [-0.25, -0.2) is 15.0 Å². The molecule has 2 heterocycles. The molecule has 0 saturated carbocycles. The van der Waals surface area contributed by atoms with Gasteiger partial charge in [-0.1, -0.05) is 0 Å². The van der Waals surface area contributed by atoms with Gasteiger partial charge in [0.2, 0.25) is 11.6 Å². The van der Waals surface area contributed by atoms with Gasteiger partial charge in [0.25, 0.3) is 0 Å². The fraction of sp³-hybridized carbons (Fsp3) is 0.235. The highest BCUT2D eigenvalue weighted by Crippen LogP contribution is 2.31. The third-order valence-corrected chi connectivity index (χ3v) is 3.80. The van der Waals surface area contributed by atoms with E-state index in [0.29, 0.717) is 18.0 Å². The summed E-state index contributed by atoms with van der Waals surface area (Å²) >= 11 is 0. The molecule has 0 aliphatic heterocycles. The summed E-state index contributed by atoms with van der Waals surface area (Å²) in [6, 6.07) is 7.01. The Bertz CT molecular complexity index is 882. The second-order valence-electron chi connectivity index (χ2n) is 5.61. The van der Waals surface area contributed by atoms with Crippen LogP contribution in [0.2, 0.25) is 0 Å². The maximum absolute atomic E-state index is 11.6. The van der Waals surface area contributed by atoms with E-state index in [4.69, 9.17) is 4.74 Å². The zero-order valence-corrected chi connectivity index (χ0v) is 14.7. The molecule has 0 spiro atoms. The second kappa shape index (κ2) is 8.61. The molecule has 27 heavy (non-hydrogen) atoms. The van der Waals surface area contributed by atoms with E-state index in [1.807, 2.05) is 10.8 Å². The third-order valence-electron chi connectivity index (χ3n) is 3.80. The van der Waals surface area contributed by atoms with Gasteiger partial charge in [-0.2, -0.15) is 0 Å². The molecule has 0 aliphatic carbocycles. The number of benzene rings is 1. The molecular formula is C17H19N7O3. The molecule has 0 unspecified atom stereocenters. The number of hydrogen-bond acceptors (Lipinski definition) is 8. The summed E-state index contributed by atoms with van der Waals surface area (Å²) in [4.78, 5) is 23.1. The van der Waals surface area contributed by atoms with Gasteiger partial charge in [-0.05, 0) is 30.7 Å². The van der Waals surface area contributed by atoms with E-state index in [1.165, 1.54) is 6.33 Å². The van der Waals surface area contributed by atoms with Crippen LogP contribution in [0.5, 0.6) is 5.75 Å². The first-order valence-electron chi connectivity index (χ1n) is 8.27. The van der Waals surface area contributed by atoms with Crippen molar-refractivity contribution < 1.29 is 9.66 Å². The average Bonchev–Trinajstić information content (AvgIpc) is 3.19. The topological polar surface area (TPSA) is 120 Å². The van der Waals surface area contributed by atoms with Crippen molar-refractivity contribution in [3.63, 3.8) is 0 Å². The molecule has 0 aliphatic rings. The van der Waals surface area contributed by atoms with Crippen LogP contribution < -0.4 is 15.4 Å². The highest BCUT2D eigenvalue weighted by atomic mass is 16.6. The van der Waals surface area contributed by atoms with Gasteiger partial charge in [0.05, 0.1) is 18.4 Å². The zero-order chi connectivity index (χ0) is 19.1. The Morgan fingerprint density at radius 3 is 2.67 bits per heavy atom. The summed E-state index contributed by atoms with van der Waals surface area (Å²) in [7, 11) is 1.57. The van der Waals surface area contributed by atoms with Crippen LogP contribution in [0, 0.1) is 10.1 Å². The molecule has 0 fully saturated rings. The van der Waals surface area contributed by atoms with Crippen molar-refractivity contribution in [1.82, 2.24) is 19.5 Å². The summed E-state index contributed by atoms with van der Waals surface area (Å²) < 4.78 is 7.04. The molecule has 10 nitrogen and oxygen atoms in total. The average molecular weight is 369 g/mol. The van der Waals surface area contributed by atoms with E-state index in [9.17, 15) is 10.1 Å². The molecule has 0 radical (unpaired) electrons. The van der Waals surface area contributed by atoms with Crippen molar-refractivity contribution in [3.05, 3.63) is 59.4 Å². The zero-order valence-electron chi connectivity index (χ0n) is 14.7. The van der Waals surface area contributed by atoms with Crippen molar-refractivity contribution in [2.24, 2.45) is 0 Å². The summed E-state index contributed by atoms with van der Waals surface area (Å²) in [5, 5.41) is 17.5. The van der Waals surface area contributed by atoms with Crippen molar-refractivity contribution in [2.45, 2.75) is 13.0 Å². The fourth-order valence-corrected chi connectivity index (χ4v) is 2.47. The van der Waals surface area contributed by atoms with Crippen LogP contribution in [0.1, 0.15) is 6.42 Å². The number of rotatable bonds is 9. The predicted octanol–water partition coefficient (Wildman–Crippen LogP) is 2.84. The largest absolute Gasteiger partial charge is 0.497 e. The minimum absolute atomic E-state index is 0.122. The van der Waals surface area contributed by atoms with Gasteiger partial charge in [0, 0.05) is 31.2 Å². The van der Waals surface area contributed by atoms with E-state index in [2.05, 4.69) is 25.6 Å². The summed E-state index contributed by atoms with van der Waals surface area (Å²) in [5.74, 6) is 0.993. The standard InChI is InChI=1S/C17H19N7O3/c1-27-14-5-3-13(4-6-14)22-17-15(24(25)26)16(20-11-21-17)19-7-2-9-23-10-8-18-12-23/h3-6,8,10-12H,2,7,9H2,1H3,(H2,19,20,21,22). The SMILES string of the molecule is COc1ccc(Nc2ncnc(NCCCn3ccnc3)c2[N+](=O)[O-])cc1. The van der Waals surface area contributed by atoms with E-state index in [1.54, 1.807) is 43.9 Å². The minimum atomic E-state index is -0.496. The quantitative estimate of drug-likeness (QED) is 0.336. The van der Waals surface area contributed by atoms with Crippen molar-refractivity contribution in [3.8, 4) is 5.75 Å². The van der Waals surface area contributed by atoms with Gasteiger partial charge in [0.15, 0.2) is 0 Å². The van der Waals surface area contributed by atoms with Crippen LogP contribution in [0.15, 0.2) is 49.3 Å². The summed E-state index contributed by atoms with van der Waals surface area (Å²) in [6.07, 6.45) is 7.35. The number of aryl methyl sites for hydroxylation is 1. The Balaban J connectivity index is 1.70. The first-order valence-corrected chi connectivity index (χ1v) is 8.27. The molecule has 0 atom stereocenters. The lowest BCUT2D eigenvalue weighted by atomic mass is 10.3. The Hall–Kier alpha value is -3.69. The second-order valence-corrected chi connectivity index (χ2v) is 5.61. The van der Waals surface area contributed by atoms with Crippen LogP contribution in [0.3, 0.4) is 0 Å². The van der Waals surface area contributed by atoms with E-state index >= 15 is 0 Å². The monoisotopic (exact) mass is 369 g/mol. The molecule has 3 rings (SSSR count). The minimum Gasteiger partial charge on any atom is -0.497 e. The number of anilines is 3. The lowest BCUT2D eigenvalue weighted by Gasteiger charge is -2.10. The van der Waals surface area contributed by atoms with Gasteiger partial charge in [-0.3, -0.25) is 10.1 Å². The predicted molar refractivity (Wildman–Crippen MR) is 100 cm³/mol. The maximum atomic E-state index is 11.6. The van der Waals surface area contributed by atoms with Crippen molar-refractivity contribution in [2.75, 3.05) is 24.3 Å². The first kappa shape index (κ1) is 18.1. The Labute approximate surface area is 155 Å². The molecule has 140 valence electrons. The number of nitro groups is 1. The molecule has 1 aromatic carbocycles. The highest BCUT2D eigenvalue weighted by Gasteiger charge is 2.22. The number of ether oxygens (including phenoxy) is 1. The van der Waals surface area contributed by atoms with E-state index in [-0.39, 0.29) is 17.3 Å². The number of hydrogen-bond donors (Lipinski definition) is 2. The summed E-state index contributed by atoms with van der Waals surface area (Å²) in [5.41, 5.74) is 0.458. The molecule has 0 saturated heterocycles.